The second-order valence-electron chi connectivity index (χ2n) is 6.31. The van der Waals surface area contributed by atoms with Gasteiger partial charge in [0.25, 0.3) is 0 Å². The van der Waals surface area contributed by atoms with Crippen LogP contribution in [0.4, 0.5) is 0 Å². The van der Waals surface area contributed by atoms with Crippen LogP contribution in [0, 0.1) is 6.92 Å². The summed E-state index contributed by atoms with van der Waals surface area (Å²) in [7, 11) is 0. The fourth-order valence-electron chi connectivity index (χ4n) is 2.95. The summed E-state index contributed by atoms with van der Waals surface area (Å²) >= 11 is 0. The van der Waals surface area contributed by atoms with E-state index in [1.54, 1.807) is 0 Å². The molecule has 21 heavy (non-hydrogen) atoms. The summed E-state index contributed by atoms with van der Waals surface area (Å²) in [4.78, 5) is 2.58. The predicted octanol–water partition coefficient (Wildman–Crippen LogP) is 3.23. The molecule has 0 bridgehead atoms. The van der Waals surface area contributed by atoms with E-state index in [4.69, 9.17) is 4.74 Å². The number of aryl methyl sites for hydroxylation is 1. The van der Waals surface area contributed by atoms with Gasteiger partial charge in [-0.3, -0.25) is 0 Å². The number of hydrogen-bond acceptors (Lipinski definition) is 3. The lowest BCUT2D eigenvalue weighted by Gasteiger charge is -2.33. The Bertz CT molecular complexity index is 396. The Morgan fingerprint density at radius 3 is 2.52 bits per heavy atom. The smallest absolute Gasteiger partial charge is 0.119 e. The Morgan fingerprint density at radius 2 is 1.90 bits per heavy atom. The number of nitrogens with zero attached hydrogens (tertiary/aromatic N) is 1. The van der Waals surface area contributed by atoms with Gasteiger partial charge in [0.05, 0.1) is 0 Å². The summed E-state index contributed by atoms with van der Waals surface area (Å²) in [6.07, 6.45) is 3.78. The van der Waals surface area contributed by atoms with Gasteiger partial charge in [-0.2, -0.15) is 0 Å². The number of hydrogen-bond donors (Lipinski definition) is 1. The molecule has 1 aromatic carbocycles. The zero-order chi connectivity index (χ0) is 15.1. The second-order valence-corrected chi connectivity index (χ2v) is 6.31. The minimum absolute atomic E-state index is 0.397. The quantitative estimate of drug-likeness (QED) is 0.834. The normalized spacial score (nSPS) is 18.6. The summed E-state index contributed by atoms with van der Waals surface area (Å²) in [5.41, 5.74) is 1.27. The minimum Gasteiger partial charge on any atom is -0.492 e. The van der Waals surface area contributed by atoms with E-state index in [1.807, 2.05) is 12.1 Å². The maximum Gasteiger partial charge on any atom is 0.119 e. The molecule has 1 saturated heterocycles. The standard InChI is InChI=1S/C18H30N2O/c1-4-11-20-12-9-17(10-13-20)19-16(3)14-21-18-7-5-15(2)6-8-18/h5-8,16-17,19H,4,9-14H2,1-3H3. The highest BCUT2D eigenvalue weighted by Gasteiger charge is 2.19. The molecule has 1 aromatic rings. The number of likely N-dealkylation sites (tertiary alicyclic amines) is 1. The molecule has 1 N–H and O–H groups in total. The predicted molar refractivity (Wildman–Crippen MR) is 89.0 cm³/mol. The Kier molecular flexibility index (Phi) is 6.52. The Balaban J connectivity index is 1.65. The molecule has 0 aliphatic carbocycles. The van der Waals surface area contributed by atoms with Crippen molar-refractivity contribution in [3.8, 4) is 5.75 Å². The number of piperidine rings is 1. The highest BCUT2D eigenvalue weighted by molar-refractivity contribution is 5.26. The highest BCUT2D eigenvalue weighted by atomic mass is 16.5. The van der Waals surface area contributed by atoms with Crippen molar-refractivity contribution in [1.29, 1.82) is 0 Å². The molecule has 1 aliphatic rings. The molecule has 0 spiro atoms. The van der Waals surface area contributed by atoms with Crippen molar-refractivity contribution in [2.75, 3.05) is 26.2 Å². The molecule has 0 saturated carbocycles. The van der Waals surface area contributed by atoms with Gasteiger partial charge in [-0.25, -0.2) is 0 Å². The van der Waals surface area contributed by atoms with Gasteiger partial charge in [0, 0.05) is 12.1 Å². The lowest BCUT2D eigenvalue weighted by molar-refractivity contribution is 0.180. The van der Waals surface area contributed by atoms with E-state index in [1.165, 1.54) is 44.5 Å². The van der Waals surface area contributed by atoms with Gasteiger partial charge >= 0.3 is 0 Å². The van der Waals surface area contributed by atoms with Crippen LogP contribution >= 0.6 is 0 Å². The zero-order valence-electron chi connectivity index (χ0n) is 13.8. The molecule has 1 heterocycles. The molecule has 2 rings (SSSR count). The largest absolute Gasteiger partial charge is 0.492 e. The molecular formula is C18H30N2O. The van der Waals surface area contributed by atoms with E-state index in [2.05, 4.69) is 43.1 Å². The molecule has 1 unspecified atom stereocenters. The van der Waals surface area contributed by atoms with Crippen LogP contribution < -0.4 is 10.1 Å². The SMILES string of the molecule is CCCN1CCC(NC(C)COc2ccc(C)cc2)CC1. The van der Waals surface area contributed by atoms with E-state index in [0.29, 0.717) is 12.1 Å². The monoisotopic (exact) mass is 290 g/mol. The van der Waals surface area contributed by atoms with Crippen molar-refractivity contribution >= 4 is 0 Å². The van der Waals surface area contributed by atoms with E-state index >= 15 is 0 Å². The lowest BCUT2D eigenvalue weighted by Crippen LogP contribution is -2.47. The summed E-state index contributed by atoms with van der Waals surface area (Å²) in [5.74, 6) is 0.965. The van der Waals surface area contributed by atoms with Crippen molar-refractivity contribution < 1.29 is 4.74 Å². The van der Waals surface area contributed by atoms with Crippen LogP contribution in [-0.4, -0.2) is 43.2 Å². The average molecular weight is 290 g/mol. The van der Waals surface area contributed by atoms with Gasteiger partial charge in [-0.1, -0.05) is 24.6 Å². The van der Waals surface area contributed by atoms with Crippen LogP contribution in [0.25, 0.3) is 0 Å². The van der Waals surface area contributed by atoms with Gasteiger partial charge in [0.15, 0.2) is 0 Å². The van der Waals surface area contributed by atoms with Gasteiger partial charge < -0.3 is 15.0 Å². The molecule has 1 aliphatic heterocycles. The first-order chi connectivity index (χ1) is 10.2. The summed E-state index contributed by atoms with van der Waals surface area (Å²) < 4.78 is 5.85. The van der Waals surface area contributed by atoms with Crippen molar-refractivity contribution in [3.05, 3.63) is 29.8 Å². The highest BCUT2D eigenvalue weighted by Crippen LogP contribution is 2.13. The first-order valence-corrected chi connectivity index (χ1v) is 8.35. The summed E-state index contributed by atoms with van der Waals surface area (Å²) in [5, 5.41) is 3.71. The van der Waals surface area contributed by atoms with Crippen LogP contribution in [0.5, 0.6) is 5.75 Å². The maximum absolute atomic E-state index is 5.85. The van der Waals surface area contributed by atoms with Crippen LogP contribution in [0.3, 0.4) is 0 Å². The van der Waals surface area contributed by atoms with Gasteiger partial charge in [-0.05, 0) is 64.9 Å². The third kappa shape index (κ3) is 5.68. The Morgan fingerprint density at radius 1 is 1.24 bits per heavy atom. The number of ether oxygens (including phenoxy) is 1. The minimum atomic E-state index is 0.397. The van der Waals surface area contributed by atoms with E-state index in [9.17, 15) is 0 Å². The van der Waals surface area contributed by atoms with Crippen LogP contribution in [-0.2, 0) is 0 Å². The van der Waals surface area contributed by atoms with Crippen molar-refractivity contribution in [3.63, 3.8) is 0 Å². The third-order valence-corrected chi connectivity index (χ3v) is 4.17. The average Bonchev–Trinajstić information content (AvgIpc) is 2.49. The lowest BCUT2D eigenvalue weighted by atomic mass is 10.0. The summed E-state index contributed by atoms with van der Waals surface area (Å²) in [6.45, 7) is 11.0. The van der Waals surface area contributed by atoms with Crippen LogP contribution in [0.1, 0.15) is 38.7 Å². The third-order valence-electron chi connectivity index (χ3n) is 4.17. The van der Waals surface area contributed by atoms with Crippen molar-refractivity contribution in [1.82, 2.24) is 10.2 Å². The molecule has 1 atom stereocenters. The van der Waals surface area contributed by atoms with Crippen LogP contribution in [0.2, 0.25) is 0 Å². The molecule has 1 fully saturated rings. The molecule has 118 valence electrons. The first kappa shape index (κ1) is 16.3. The molecule has 0 amide bonds. The number of benzene rings is 1. The molecule has 0 aromatic heterocycles. The van der Waals surface area contributed by atoms with E-state index < -0.39 is 0 Å². The first-order valence-electron chi connectivity index (χ1n) is 8.35. The molecule has 3 nitrogen and oxygen atoms in total. The fourth-order valence-corrected chi connectivity index (χ4v) is 2.95. The Hall–Kier alpha value is -1.06. The van der Waals surface area contributed by atoms with E-state index in [0.717, 1.165) is 12.4 Å². The van der Waals surface area contributed by atoms with Crippen molar-refractivity contribution in [2.45, 2.75) is 52.1 Å². The van der Waals surface area contributed by atoms with Gasteiger partial charge in [-0.15, -0.1) is 0 Å². The molecular weight excluding hydrogens is 260 g/mol. The maximum atomic E-state index is 5.85. The molecule has 3 heteroatoms. The zero-order valence-corrected chi connectivity index (χ0v) is 13.8. The summed E-state index contributed by atoms with van der Waals surface area (Å²) in [6, 6.07) is 9.33. The Labute approximate surface area is 129 Å². The van der Waals surface area contributed by atoms with Gasteiger partial charge in [0.1, 0.15) is 12.4 Å². The van der Waals surface area contributed by atoms with Crippen molar-refractivity contribution in [2.24, 2.45) is 0 Å². The number of nitrogens with one attached hydrogen (secondary N) is 1. The molecule has 0 radical (unpaired) electrons. The van der Waals surface area contributed by atoms with Gasteiger partial charge in [0.2, 0.25) is 0 Å². The van der Waals surface area contributed by atoms with Crippen LogP contribution in [0.15, 0.2) is 24.3 Å². The van der Waals surface area contributed by atoms with E-state index in [-0.39, 0.29) is 0 Å². The topological polar surface area (TPSA) is 24.5 Å². The number of rotatable bonds is 7. The second kappa shape index (κ2) is 8.40. The fraction of sp³-hybridized carbons (Fsp3) is 0.667.